The first kappa shape index (κ1) is 9.72. The number of hydrogen-bond donors (Lipinski definition) is 3. The van der Waals surface area contributed by atoms with Crippen molar-refractivity contribution in [2.24, 2.45) is 0 Å². The van der Waals surface area contributed by atoms with Crippen molar-refractivity contribution in [3.05, 3.63) is 53.9 Å². The predicted octanol–water partition coefficient (Wildman–Crippen LogP) is 2.43. The predicted molar refractivity (Wildman–Crippen MR) is 64.2 cm³/mol. The number of benzene rings is 1. The number of ketones is 1. The number of aromatic amines is 2. The van der Waals surface area contributed by atoms with Crippen molar-refractivity contribution in [3.63, 3.8) is 0 Å². The zero-order valence-electron chi connectivity index (χ0n) is 8.90. The first-order chi connectivity index (χ1) is 8.27. The Bertz CT molecular complexity index is 681. The summed E-state index contributed by atoms with van der Waals surface area (Å²) < 4.78 is 0. The maximum Gasteiger partial charge on any atom is 0.215 e. The van der Waals surface area contributed by atoms with Crippen molar-refractivity contribution in [1.82, 2.24) is 9.97 Å². The second-order valence-electron chi connectivity index (χ2n) is 3.81. The molecule has 3 N–H and O–H groups in total. The van der Waals surface area contributed by atoms with Crippen molar-refractivity contribution in [2.75, 3.05) is 0 Å². The highest BCUT2D eigenvalue weighted by molar-refractivity contribution is 6.17. The molecule has 0 saturated heterocycles. The number of aromatic nitrogens is 2. The lowest BCUT2D eigenvalue weighted by Crippen LogP contribution is -2.00. The molecule has 84 valence electrons. The number of H-pyrrole nitrogens is 2. The Morgan fingerprint density at radius 3 is 2.71 bits per heavy atom. The lowest BCUT2D eigenvalue weighted by atomic mass is 10.1. The molecule has 2 aromatic heterocycles. The summed E-state index contributed by atoms with van der Waals surface area (Å²) >= 11 is 0. The van der Waals surface area contributed by atoms with Crippen LogP contribution in [0, 0.1) is 0 Å². The summed E-state index contributed by atoms with van der Waals surface area (Å²) in [7, 11) is 0. The Morgan fingerprint density at radius 1 is 1.12 bits per heavy atom. The lowest BCUT2D eigenvalue weighted by Gasteiger charge is -1.97. The van der Waals surface area contributed by atoms with Gasteiger partial charge in [-0.05, 0) is 18.2 Å². The van der Waals surface area contributed by atoms with E-state index in [4.69, 9.17) is 0 Å². The van der Waals surface area contributed by atoms with Gasteiger partial charge in [-0.2, -0.15) is 0 Å². The molecule has 4 heteroatoms. The summed E-state index contributed by atoms with van der Waals surface area (Å²) in [5.74, 6) is -0.309. The molecule has 3 rings (SSSR count). The van der Waals surface area contributed by atoms with E-state index < -0.39 is 0 Å². The topological polar surface area (TPSA) is 68.9 Å². The number of para-hydroxylation sites is 1. The monoisotopic (exact) mass is 226 g/mol. The minimum atomic E-state index is -0.218. The number of nitrogens with one attached hydrogen (secondary N) is 2. The van der Waals surface area contributed by atoms with E-state index >= 15 is 0 Å². The summed E-state index contributed by atoms with van der Waals surface area (Å²) in [5, 5.41) is 10.5. The molecule has 0 spiro atoms. The Balaban J connectivity index is 2.24. The van der Waals surface area contributed by atoms with Crippen LogP contribution in [-0.2, 0) is 0 Å². The van der Waals surface area contributed by atoms with Gasteiger partial charge in [0.2, 0.25) is 11.7 Å². The van der Waals surface area contributed by atoms with E-state index in [1.807, 2.05) is 24.3 Å². The molecule has 3 aromatic rings. The number of carbonyl (C=O) groups is 1. The van der Waals surface area contributed by atoms with Crippen molar-refractivity contribution in [3.8, 4) is 5.88 Å². The van der Waals surface area contributed by atoms with Gasteiger partial charge >= 0.3 is 0 Å². The highest BCUT2D eigenvalue weighted by Crippen LogP contribution is 2.28. The van der Waals surface area contributed by atoms with E-state index in [-0.39, 0.29) is 11.7 Å². The highest BCUT2D eigenvalue weighted by Gasteiger charge is 2.19. The second-order valence-corrected chi connectivity index (χ2v) is 3.81. The SMILES string of the molecule is O=C(c1ccc[nH]1)c1c(O)[nH]c2ccccc12. The standard InChI is InChI=1S/C13H10N2O2/c16-12(10-6-3-7-14-10)11-8-4-1-2-5-9(8)15-13(11)17/h1-7,14-15,17H. The molecular weight excluding hydrogens is 216 g/mol. The van der Waals surface area contributed by atoms with Crippen LogP contribution < -0.4 is 0 Å². The quantitative estimate of drug-likeness (QED) is 0.587. The summed E-state index contributed by atoms with van der Waals surface area (Å²) in [6.45, 7) is 0. The first-order valence-electron chi connectivity index (χ1n) is 5.25. The number of hydrogen-bond acceptors (Lipinski definition) is 2. The molecule has 0 bridgehead atoms. The number of aromatic hydroxyl groups is 1. The third-order valence-corrected chi connectivity index (χ3v) is 2.76. The van der Waals surface area contributed by atoms with Crippen LogP contribution in [0.15, 0.2) is 42.6 Å². The van der Waals surface area contributed by atoms with E-state index in [2.05, 4.69) is 9.97 Å². The molecule has 0 aliphatic rings. The van der Waals surface area contributed by atoms with Gasteiger partial charge in [0, 0.05) is 17.1 Å². The molecule has 4 nitrogen and oxygen atoms in total. The molecule has 0 saturated carbocycles. The zero-order chi connectivity index (χ0) is 11.8. The van der Waals surface area contributed by atoms with E-state index in [0.717, 1.165) is 10.9 Å². The van der Waals surface area contributed by atoms with Crippen LogP contribution in [0.3, 0.4) is 0 Å². The molecule has 0 radical (unpaired) electrons. The van der Waals surface area contributed by atoms with Crippen molar-refractivity contribution in [2.45, 2.75) is 0 Å². The van der Waals surface area contributed by atoms with Gasteiger partial charge in [0.15, 0.2) is 0 Å². The summed E-state index contributed by atoms with van der Waals surface area (Å²) in [5.41, 5.74) is 1.52. The van der Waals surface area contributed by atoms with E-state index in [1.54, 1.807) is 18.3 Å². The molecule has 0 atom stereocenters. The molecule has 2 heterocycles. The van der Waals surface area contributed by atoms with E-state index in [1.165, 1.54) is 0 Å². The van der Waals surface area contributed by atoms with Gasteiger partial charge in [-0.25, -0.2) is 0 Å². The van der Waals surface area contributed by atoms with Gasteiger partial charge in [0.05, 0.1) is 11.3 Å². The fourth-order valence-electron chi connectivity index (χ4n) is 1.96. The zero-order valence-corrected chi connectivity index (χ0v) is 8.90. The fraction of sp³-hybridized carbons (Fsp3) is 0. The van der Waals surface area contributed by atoms with Gasteiger partial charge in [-0.3, -0.25) is 4.79 Å². The third-order valence-electron chi connectivity index (χ3n) is 2.76. The molecule has 0 unspecified atom stereocenters. The van der Waals surface area contributed by atoms with Crippen LogP contribution in [0.4, 0.5) is 0 Å². The van der Waals surface area contributed by atoms with Gasteiger partial charge in [-0.1, -0.05) is 18.2 Å². The maximum atomic E-state index is 12.2. The second kappa shape index (κ2) is 3.52. The molecular formula is C13H10N2O2. The molecule has 1 aromatic carbocycles. The first-order valence-corrected chi connectivity index (χ1v) is 5.25. The van der Waals surface area contributed by atoms with Gasteiger partial charge < -0.3 is 15.1 Å². The van der Waals surface area contributed by atoms with Gasteiger partial charge in [0.1, 0.15) is 0 Å². The summed E-state index contributed by atoms with van der Waals surface area (Å²) in [6, 6.07) is 10.7. The molecule has 0 fully saturated rings. The van der Waals surface area contributed by atoms with Crippen molar-refractivity contribution in [1.29, 1.82) is 0 Å². The number of rotatable bonds is 2. The normalized spacial score (nSPS) is 10.8. The van der Waals surface area contributed by atoms with Gasteiger partial charge in [-0.15, -0.1) is 0 Å². The fourth-order valence-corrected chi connectivity index (χ4v) is 1.96. The Kier molecular flexibility index (Phi) is 2.01. The molecule has 0 aliphatic heterocycles. The van der Waals surface area contributed by atoms with E-state index in [0.29, 0.717) is 11.3 Å². The largest absolute Gasteiger partial charge is 0.494 e. The lowest BCUT2D eigenvalue weighted by molar-refractivity contribution is 0.103. The van der Waals surface area contributed by atoms with Crippen LogP contribution >= 0.6 is 0 Å². The minimum Gasteiger partial charge on any atom is -0.494 e. The number of fused-ring (bicyclic) bond motifs is 1. The average Bonchev–Trinajstić information content (AvgIpc) is 2.94. The summed E-state index contributed by atoms with van der Waals surface area (Å²) in [4.78, 5) is 17.8. The van der Waals surface area contributed by atoms with E-state index in [9.17, 15) is 9.90 Å². The van der Waals surface area contributed by atoms with Crippen molar-refractivity contribution >= 4 is 16.7 Å². The average molecular weight is 226 g/mol. The Hall–Kier alpha value is -2.49. The van der Waals surface area contributed by atoms with Crippen LogP contribution in [0.1, 0.15) is 16.1 Å². The highest BCUT2D eigenvalue weighted by atomic mass is 16.3. The van der Waals surface area contributed by atoms with Gasteiger partial charge in [0.25, 0.3) is 0 Å². The van der Waals surface area contributed by atoms with Crippen LogP contribution in [0.25, 0.3) is 10.9 Å². The minimum absolute atomic E-state index is 0.0919. The molecule has 17 heavy (non-hydrogen) atoms. The maximum absolute atomic E-state index is 12.2. The Labute approximate surface area is 96.9 Å². The summed E-state index contributed by atoms with van der Waals surface area (Å²) in [6.07, 6.45) is 1.68. The number of carbonyl (C=O) groups excluding carboxylic acids is 1. The van der Waals surface area contributed by atoms with Crippen LogP contribution in [0.5, 0.6) is 5.88 Å². The molecule has 0 amide bonds. The third kappa shape index (κ3) is 1.42. The molecule has 0 aliphatic carbocycles. The van der Waals surface area contributed by atoms with Crippen LogP contribution in [0.2, 0.25) is 0 Å². The smallest absolute Gasteiger partial charge is 0.215 e. The van der Waals surface area contributed by atoms with Crippen molar-refractivity contribution < 1.29 is 9.90 Å². The Morgan fingerprint density at radius 2 is 1.94 bits per heavy atom. The van der Waals surface area contributed by atoms with Crippen LogP contribution in [-0.4, -0.2) is 20.9 Å².